The van der Waals surface area contributed by atoms with Crippen LogP contribution in [0.15, 0.2) is 39.7 Å². The largest absolute Gasteiger partial charge is 0.507 e. The first kappa shape index (κ1) is 17.9. The van der Waals surface area contributed by atoms with Crippen LogP contribution in [-0.2, 0) is 11.2 Å². The van der Waals surface area contributed by atoms with Gasteiger partial charge < -0.3 is 29.2 Å². The van der Waals surface area contributed by atoms with Crippen molar-refractivity contribution in [3.8, 4) is 17.2 Å². The lowest BCUT2D eigenvalue weighted by atomic mass is 9.95. The second-order valence-electron chi connectivity index (χ2n) is 8.18. The van der Waals surface area contributed by atoms with Gasteiger partial charge >= 0.3 is 0 Å². The summed E-state index contributed by atoms with van der Waals surface area (Å²) in [6.45, 7) is 3.40. The summed E-state index contributed by atoms with van der Waals surface area (Å²) >= 11 is 0. The SMILES string of the molecule is CC(C)(O)CCc1ccc(O)c2c(=O)c3c(O)c4c(cc3oc12)OC1OC=C[C@@H]41. The third-order valence-electron chi connectivity index (χ3n) is 5.52. The molecule has 3 N–H and O–H groups in total. The lowest BCUT2D eigenvalue weighted by Gasteiger charge is -2.17. The normalized spacial score (nSPS) is 20.0. The zero-order valence-corrected chi connectivity index (χ0v) is 15.9. The number of hydrogen-bond acceptors (Lipinski definition) is 7. The fraction of sp³-hybridized carbons (Fsp3) is 0.318. The van der Waals surface area contributed by atoms with E-state index < -0.39 is 17.3 Å². The van der Waals surface area contributed by atoms with Crippen molar-refractivity contribution < 1.29 is 29.2 Å². The number of phenols is 2. The molecule has 0 saturated heterocycles. The summed E-state index contributed by atoms with van der Waals surface area (Å²) in [5, 5.41) is 31.3. The maximum absolute atomic E-state index is 13.3. The maximum atomic E-state index is 13.3. The number of ether oxygens (including phenoxy) is 2. The van der Waals surface area contributed by atoms with E-state index in [1.54, 1.807) is 32.1 Å². The van der Waals surface area contributed by atoms with Crippen LogP contribution in [0.1, 0.15) is 37.3 Å². The van der Waals surface area contributed by atoms with Crippen LogP contribution in [0.4, 0.5) is 0 Å². The molecule has 0 amide bonds. The van der Waals surface area contributed by atoms with Crippen molar-refractivity contribution in [2.24, 2.45) is 0 Å². The van der Waals surface area contributed by atoms with Crippen molar-refractivity contribution in [3.05, 3.63) is 51.9 Å². The van der Waals surface area contributed by atoms with E-state index in [0.717, 1.165) is 0 Å². The van der Waals surface area contributed by atoms with E-state index in [2.05, 4.69) is 0 Å². The van der Waals surface area contributed by atoms with E-state index in [-0.39, 0.29) is 39.4 Å². The van der Waals surface area contributed by atoms with E-state index >= 15 is 0 Å². The molecular weight excluding hydrogens is 376 g/mol. The van der Waals surface area contributed by atoms with Gasteiger partial charge in [0.1, 0.15) is 39.2 Å². The maximum Gasteiger partial charge on any atom is 0.250 e. The van der Waals surface area contributed by atoms with Crippen LogP contribution in [0.3, 0.4) is 0 Å². The molecule has 1 aromatic heterocycles. The zero-order valence-electron chi connectivity index (χ0n) is 15.9. The highest BCUT2D eigenvalue weighted by molar-refractivity contribution is 5.98. The van der Waals surface area contributed by atoms with Crippen molar-refractivity contribution in [2.75, 3.05) is 0 Å². The van der Waals surface area contributed by atoms with Crippen LogP contribution in [0.5, 0.6) is 17.2 Å². The van der Waals surface area contributed by atoms with Crippen LogP contribution >= 0.6 is 0 Å². The Morgan fingerprint density at radius 1 is 1.17 bits per heavy atom. The second kappa shape index (κ2) is 5.90. The van der Waals surface area contributed by atoms with Gasteiger partial charge in [-0.2, -0.15) is 0 Å². The molecule has 0 bridgehead atoms. The molecule has 150 valence electrons. The van der Waals surface area contributed by atoms with E-state index in [4.69, 9.17) is 13.9 Å². The molecule has 2 aromatic carbocycles. The molecule has 5 rings (SSSR count). The zero-order chi connectivity index (χ0) is 20.5. The van der Waals surface area contributed by atoms with Crippen molar-refractivity contribution >= 4 is 21.9 Å². The highest BCUT2D eigenvalue weighted by atomic mass is 16.7. The van der Waals surface area contributed by atoms with Crippen LogP contribution in [0, 0.1) is 0 Å². The number of aryl methyl sites for hydroxylation is 1. The molecule has 7 heteroatoms. The third kappa shape index (κ3) is 2.65. The first-order valence-corrected chi connectivity index (χ1v) is 9.43. The van der Waals surface area contributed by atoms with Gasteiger partial charge in [-0.05, 0) is 44.4 Å². The number of fused-ring (bicyclic) bond motifs is 5. The van der Waals surface area contributed by atoms with Gasteiger partial charge in [-0.1, -0.05) is 6.07 Å². The van der Waals surface area contributed by atoms with Gasteiger partial charge in [0, 0.05) is 6.07 Å². The lowest BCUT2D eigenvalue weighted by Crippen LogP contribution is -2.19. The molecule has 0 radical (unpaired) electrons. The minimum atomic E-state index is -0.889. The van der Waals surface area contributed by atoms with Gasteiger partial charge in [0.15, 0.2) is 0 Å². The Morgan fingerprint density at radius 2 is 1.97 bits per heavy atom. The predicted octanol–water partition coefficient (Wildman–Crippen LogP) is 3.41. The van der Waals surface area contributed by atoms with Crippen molar-refractivity contribution in [1.29, 1.82) is 0 Å². The van der Waals surface area contributed by atoms with Gasteiger partial charge in [0.2, 0.25) is 5.43 Å². The van der Waals surface area contributed by atoms with E-state index in [9.17, 15) is 20.1 Å². The molecule has 0 fully saturated rings. The Hall–Kier alpha value is -3.19. The topological polar surface area (TPSA) is 109 Å². The Balaban J connectivity index is 1.78. The molecular formula is C22H20O7. The van der Waals surface area contributed by atoms with Crippen molar-refractivity contribution in [2.45, 2.75) is 44.5 Å². The Labute approximate surface area is 165 Å². The predicted molar refractivity (Wildman–Crippen MR) is 105 cm³/mol. The summed E-state index contributed by atoms with van der Waals surface area (Å²) in [7, 11) is 0. The van der Waals surface area contributed by atoms with Crippen molar-refractivity contribution in [3.63, 3.8) is 0 Å². The molecule has 7 nitrogen and oxygen atoms in total. The van der Waals surface area contributed by atoms with Gasteiger partial charge in [-0.3, -0.25) is 4.79 Å². The van der Waals surface area contributed by atoms with E-state index in [0.29, 0.717) is 29.7 Å². The average molecular weight is 396 g/mol. The van der Waals surface area contributed by atoms with Gasteiger partial charge in [-0.15, -0.1) is 0 Å². The quantitative estimate of drug-likeness (QED) is 0.582. The van der Waals surface area contributed by atoms with E-state index in [1.807, 2.05) is 0 Å². The number of benzene rings is 2. The fourth-order valence-corrected chi connectivity index (χ4v) is 4.02. The van der Waals surface area contributed by atoms with Gasteiger partial charge in [-0.25, -0.2) is 0 Å². The third-order valence-corrected chi connectivity index (χ3v) is 5.52. The van der Waals surface area contributed by atoms with Crippen LogP contribution in [-0.4, -0.2) is 27.2 Å². The molecule has 0 spiro atoms. The minimum absolute atomic E-state index is 0.00395. The second-order valence-corrected chi connectivity index (χ2v) is 8.18. The standard InChI is InChI=1S/C22H20O7/c1-22(2,26)7-5-10-3-4-12(23)16-19(25)17-14(28-20(10)16)9-13-15(18(17)24)11-6-8-27-21(11)29-13/h3-4,6,8-9,11,21,23-24,26H,5,7H2,1-2H3/t11-,21?/m0/s1. The average Bonchev–Trinajstić information content (AvgIpc) is 3.20. The lowest BCUT2D eigenvalue weighted by molar-refractivity contribution is -0.00482. The molecule has 2 aliphatic heterocycles. The molecule has 1 unspecified atom stereocenters. The summed E-state index contributed by atoms with van der Waals surface area (Å²) in [6, 6.07) is 4.68. The summed E-state index contributed by atoms with van der Waals surface area (Å²) in [4.78, 5) is 13.3. The molecule has 2 atom stereocenters. The minimum Gasteiger partial charge on any atom is -0.507 e. The number of rotatable bonds is 3. The highest BCUT2D eigenvalue weighted by Gasteiger charge is 2.40. The van der Waals surface area contributed by atoms with Gasteiger partial charge in [0.25, 0.3) is 6.29 Å². The first-order chi connectivity index (χ1) is 13.7. The monoisotopic (exact) mass is 396 g/mol. The molecule has 29 heavy (non-hydrogen) atoms. The first-order valence-electron chi connectivity index (χ1n) is 9.43. The van der Waals surface area contributed by atoms with Gasteiger partial charge in [0.05, 0.1) is 23.3 Å². The Bertz CT molecular complexity index is 1250. The summed E-state index contributed by atoms with van der Waals surface area (Å²) in [5.41, 5.74) is 0.150. The smallest absolute Gasteiger partial charge is 0.250 e. The number of phenolic OH excluding ortho intramolecular Hbond substituents is 2. The molecule has 3 heterocycles. The Kier molecular flexibility index (Phi) is 3.64. The van der Waals surface area contributed by atoms with Crippen LogP contribution < -0.4 is 10.2 Å². The summed E-state index contributed by atoms with van der Waals surface area (Å²) in [6.07, 6.45) is 3.58. The van der Waals surface area contributed by atoms with Crippen LogP contribution in [0.25, 0.3) is 21.9 Å². The highest BCUT2D eigenvalue weighted by Crippen LogP contribution is 2.49. The molecule has 0 saturated carbocycles. The summed E-state index contributed by atoms with van der Waals surface area (Å²) < 4.78 is 17.1. The number of aliphatic hydroxyl groups is 1. The molecule has 0 aliphatic carbocycles. The summed E-state index contributed by atoms with van der Waals surface area (Å²) in [5.74, 6) is -0.357. The van der Waals surface area contributed by atoms with Crippen LogP contribution in [0.2, 0.25) is 0 Å². The fourth-order valence-electron chi connectivity index (χ4n) is 4.02. The van der Waals surface area contributed by atoms with Crippen molar-refractivity contribution in [1.82, 2.24) is 0 Å². The Morgan fingerprint density at radius 3 is 2.72 bits per heavy atom. The number of aromatic hydroxyl groups is 2. The number of hydrogen-bond donors (Lipinski definition) is 3. The molecule has 2 aliphatic rings. The van der Waals surface area contributed by atoms with E-state index in [1.165, 1.54) is 12.3 Å². The molecule has 3 aromatic rings.